The lowest BCUT2D eigenvalue weighted by molar-refractivity contribution is -0.132. The van der Waals surface area contributed by atoms with E-state index in [0.717, 1.165) is 18.2 Å². The highest BCUT2D eigenvalue weighted by Crippen LogP contribution is 2.10. The molecule has 1 aromatic carbocycles. The molecule has 1 fully saturated rings. The third-order valence-electron chi connectivity index (χ3n) is 3.40. The van der Waals surface area contributed by atoms with Crippen molar-refractivity contribution in [1.29, 1.82) is 0 Å². The number of piperidine rings is 1. The molecule has 0 bridgehead atoms. The van der Waals surface area contributed by atoms with Crippen LogP contribution in [0.1, 0.15) is 23.2 Å². The summed E-state index contributed by atoms with van der Waals surface area (Å²) in [5.41, 5.74) is -0.0456. The standard InChI is InChI=1S/C14H16F2N2O3/c15-11-2-1-9(7-12(11)16)14(21)17-8-13(20)18-5-3-10(19)4-6-18/h1-2,7,10,19H,3-6,8H2,(H,17,21). The molecule has 0 unspecified atom stereocenters. The molecule has 114 valence electrons. The van der Waals surface area contributed by atoms with Gasteiger partial charge in [0.15, 0.2) is 11.6 Å². The number of benzene rings is 1. The maximum Gasteiger partial charge on any atom is 0.251 e. The van der Waals surface area contributed by atoms with Crippen LogP contribution in [-0.4, -0.2) is 47.6 Å². The van der Waals surface area contributed by atoms with Crippen LogP contribution < -0.4 is 5.32 Å². The monoisotopic (exact) mass is 298 g/mol. The van der Waals surface area contributed by atoms with Crippen LogP contribution in [0.4, 0.5) is 8.78 Å². The number of carbonyl (C=O) groups is 2. The Hall–Kier alpha value is -2.02. The molecule has 0 spiro atoms. The number of hydrogen-bond donors (Lipinski definition) is 2. The van der Waals surface area contributed by atoms with Gasteiger partial charge in [0.2, 0.25) is 5.91 Å². The minimum atomic E-state index is -1.11. The van der Waals surface area contributed by atoms with Gasteiger partial charge >= 0.3 is 0 Å². The van der Waals surface area contributed by atoms with Crippen molar-refractivity contribution in [3.05, 3.63) is 35.4 Å². The van der Waals surface area contributed by atoms with Gasteiger partial charge in [-0.15, -0.1) is 0 Å². The quantitative estimate of drug-likeness (QED) is 0.862. The molecule has 7 heteroatoms. The highest BCUT2D eigenvalue weighted by molar-refractivity contribution is 5.96. The molecule has 5 nitrogen and oxygen atoms in total. The van der Waals surface area contributed by atoms with Gasteiger partial charge in [0.05, 0.1) is 12.6 Å². The maximum atomic E-state index is 13.0. The second-order valence-corrected chi connectivity index (χ2v) is 4.92. The van der Waals surface area contributed by atoms with E-state index in [-0.39, 0.29) is 24.1 Å². The number of rotatable bonds is 3. The normalized spacial score (nSPS) is 15.9. The lowest BCUT2D eigenvalue weighted by Crippen LogP contribution is -2.45. The molecular weight excluding hydrogens is 282 g/mol. The van der Waals surface area contributed by atoms with Gasteiger partial charge in [-0.3, -0.25) is 9.59 Å². The van der Waals surface area contributed by atoms with E-state index in [0.29, 0.717) is 25.9 Å². The van der Waals surface area contributed by atoms with Crippen molar-refractivity contribution in [3.63, 3.8) is 0 Å². The fourth-order valence-corrected chi connectivity index (χ4v) is 2.12. The average Bonchev–Trinajstić information content (AvgIpc) is 2.48. The van der Waals surface area contributed by atoms with Gasteiger partial charge in [-0.05, 0) is 31.0 Å². The topological polar surface area (TPSA) is 69.6 Å². The maximum absolute atomic E-state index is 13.0. The van der Waals surface area contributed by atoms with Gasteiger partial charge in [-0.2, -0.15) is 0 Å². The zero-order valence-electron chi connectivity index (χ0n) is 11.3. The van der Waals surface area contributed by atoms with Crippen LogP contribution >= 0.6 is 0 Å². The molecule has 0 saturated carbocycles. The number of likely N-dealkylation sites (tertiary alicyclic amines) is 1. The van der Waals surface area contributed by atoms with Crippen molar-refractivity contribution in [2.75, 3.05) is 19.6 Å². The van der Waals surface area contributed by atoms with Crippen LogP contribution in [0, 0.1) is 11.6 Å². The fourth-order valence-electron chi connectivity index (χ4n) is 2.12. The smallest absolute Gasteiger partial charge is 0.251 e. The molecule has 2 rings (SSSR count). The van der Waals surface area contributed by atoms with Crippen LogP contribution in [-0.2, 0) is 4.79 Å². The zero-order valence-corrected chi connectivity index (χ0v) is 11.3. The predicted molar refractivity (Wildman–Crippen MR) is 70.5 cm³/mol. The number of halogens is 2. The third kappa shape index (κ3) is 3.98. The highest BCUT2D eigenvalue weighted by Gasteiger charge is 2.21. The Morgan fingerprint density at radius 1 is 1.24 bits per heavy atom. The van der Waals surface area contributed by atoms with Crippen LogP contribution in [0.25, 0.3) is 0 Å². The summed E-state index contributed by atoms with van der Waals surface area (Å²) in [5.74, 6) is -3.05. The molecule has 1 aliphatic heterocycles. The van der Waals surface area contributed by atoms with Gasteiger partial charge in [0.1, 0.15) is 0 Å². The summed E-state index contributed by atoms with van der Waals surface area (Å²) in [6.07, 6.45) is 0.650. The van der Waals surface area contributed by atoms with Crippen molar-refractivity contribution < 1.29 is 23.5 Å². The Morgan fingerprint density at radius 3 is 2.52 bits per heavy atom. The second kappa shape index (κ2) is 6.62. The first-order valence-corrected chi connectivity index (χ1v) is 6.66. The van der Waals surface area contributed by atoms with E-state index in [1.807, 2.05) is 0 Å². The first-order valence-electron chi connectivity index (χ1n) is 6.66. The van der Waals surface area contributed by atoms with Crippen molar-refractivity contribution in [2.24, 2.45) is 0 Å². The van der Waals surface area contributed by atoms with Crippen LogP contribution in [0.5, 0.6) is 0 Å². The Bertz CT molecular complexity index is 543. The molecule has 0 aromatic heterocycles. The van der Waals surface area contributed by atoms with Crippen molar-refractivity contribution in [1.82, 2.24) is 10.2 Å². The summed E-state index contributed by atoms with van der Waals surface area (Å²) in [4.78, 5) is 25.1. The molecule has 0 atom stereocenters. The SMILES string of the molecule is O=C(NCC(=O)N1CCC(O)CC1)c1ccc(F)c(F)c1. The lowest BCUT2D eigenvalue weighted by atomic mass is 10.1. The van der Waals surface area contributed by atoms with Crippen molar-refractivity contribution in [2.45, 2.75) is 18.9 Å². The Balaban J connectivity index is 1.86. The summed E-state index contributed by atoms with van der Waals surface area (Å²) in [5, 5.41) is 11.7. The predicted octanol–water partition coefficient (Wildman–Crippen LogP) is 0.678. The van der Waals surface area contributed by atoms with E-state index in [9.17, 15) is 23.5 Å². The molecule has 1 saturated heterocycles. The average molecular weight is 298 g/mol. The number of amides is 2. The first-order chi connectivity index (χ1) is 9.97. The Kier molecular flexibility index (Phi) is 4.85. The number of aliphatic hydroxyl groups excluding tert-OH is 1. The molecule has 1 heterocycles. The lowest BCUT2D eigenvalue weighted by Gasteiger charge is -2.29. The summed E-state index contributed by atoms with van der Waals surface area (Å²) in [6.45, 7) is 0.677. The molecular formula is C14H16F2N2O3. The summed E-state index contributed by atoms with van der Waals surface area (Å²) < 4.78 is 25.8. The molecule has 2 amide bonds. The highest BCUT2D eigenvalue weighted by atomic mass is 19.2. The first kappa shape index (κ1) is 15.4. The van der Waals surface area contributed by atoms with E-state index in [2.05, 4.69) is 5.32 Å². The van der Waals surface area contributed by atoms with Gasteiger partial charge in [-0.25, -0.2) is 8.78 Å². The summed E-state index contributed by atoms with van der Waals surface area (Å²) in [7, 11) is 0. The molecule has 0 aliphatic carbocycles. The number of carbonyl (C=O) groups excluding carboxylic acids is 2. The van der Waals surface area contributed by atoms with E-state index in [1.54, 1.807) is 4.90 Å². The van der Waals surface area contributed by atoms with Gasteiger partial charge in [0, 0.05) is 18.7 Å². The van der Waals surface area contributed by atoms with E-state index < -0.39 is 17.5 Å². The minimum absolute atomic E-state index is 0.0456. The van der Waals surface area contributed by atoms with E-state index in [1.165, 1.54) is 0 Å². The summed E-state index contributed by atoms with van der Waals surface area (Å²) in [6, 6.07) is 2.79. The van der Waals surface area contributed by atoms with Gasteiger partial charge in [0.25, 0.3) is 5.91 Å². The number of aliphatic hydroxyl groups is 1. The Labute approximate surface area is 120 Å². The molecule has 2 N–H and O–H groups in total. The van der Waals surface area contributed by atoms with E-state index in [4.69, 9.17) is 0 Å². The van der Waals surface area contributed by atoms with Crippen LogP contribution in [0.15, 0.2) is 18.2 Å². The number of hydrogen-bond acceptors (Lipinski definition) is 3. The largest absolute Gasteiger partial charge is 0.393 e. The molecule has 0 radical (unpaired) electrons. The van der Waals surface area contributed by atoms with E-state index >= 15 is 0 Å². The summed E-state index contributed by atoms with van der Waals surface area (Å²) >= 11 is 0. The van der Waals surface area contributed by atoms with Crippen LogP contribution in [0.2, 0.25) is 0 Å². The Morgan fingerprint density at radius 2 is 1.90 bits per heavy atom. The fraction of sp³-hybridized carbons (Fsp3) is 0.429. The van der Waals surface area contributed by atoms with Crippen molar-refractivity contribution >= 4 is 11.8 Å². The molecule has 1 aromatic rings. The van der Waals surface area contributed by atoms with Crippen molar-refractivity contribution in [3.8, 4) is 0 Å². The van der Waals surface area contributed by atoms with Gasteiger partial charge in [-0.1, -0.05) is 0 Å². The second-order valence-electron chi connectivity index (χ2n) is 4.92. The zero-order chi connectivity index (χ0) is 15.4. The molecule has 1 aliphatic rings. The number of nitrogens with zero attached hydrogens (tertiary/aromatic N) is 1. The minimum Gasteiger partial charge on any atom is -0.393 e. The van der Waals surface area contributed by atoms with Crippen LogP contribution in [0.3, 0.4) is 0 Å². The molecule has 21 heavy (non-hydrogen) atoms. The number of nitrogens with one attached hydrogen (secondary N) is 1. The third-order valence-corrected chi connectivity index (χ3v) is 3.40. The van der Waals surface area contributed by atoms with Gasteiger partial charge < -0.3 is 15.3 Å².